The zero-order valence-corrected chi connectivity index (χ0v) is 9.51. The molecule has 0 saturated carbocycles. The van der Waals surface area contributed by atoms with Crippen LogP contribution in [0.5, 0.6) is 0 Å². The molecule has 78 valence electrons. The Morgan fingerprint density at radius 3 is 2.93 bits per heavy atom. The third-order valence-corrected chi connectivity index (χ3v) is 2.53. The molecule has 1 N–H and O–H groups in total. The lowest BCUT2D eigenvalue weighted by molar-refractivity contribution is 0.646. The van der Waals surface area contributed by atoms with Crippen LogP contribution >= 0.6 is 11.6 Å². The molecular weight excluding hydrogens is 196 g/mol. The molecule has 1 aromatic heterocycles. The van der Waals surface area contributed by atoms with Crippen LogP contribution in [0.2, 0.25) is 0 Å². The highest BCUT2D eigenvalue weighted by atomic mass is 35.5. The summed E-state index contributed by atoms with van der Waals surface area (Å²) in [7, 11) is 0. The van der Waals surface area contributed by atoms with Gasteiger partial charge in [0.1, 0.15) is 0 Å². The molecule has 0 aromatic carbocycles. The fourth-order valence-electron chi connectivity index (χ4n) is 1.23. The predicted molar refractivity (Wildman–Crippen MR) is 60.6 cm³/mol. The monoisotopic (exact) mass is 212 g/mol. The highest BCUT2D eigenvalue weighted by molar-refractivity contribution is 6.20. The number of aryl methyl sites for hydroxylation is 1. The van der Waals surface area contributed by atoms with E-state index in [2.05, 4.69) is 23.3 Å². The first-order valence-corrected chi connectivity index (χ1v) is 5.41. The van der Waals surface area contributed by atoms with Gasteiger partial charge in [-0.1, -0.05) is 13.0 Å². The van der Waals surface area contributed by atoms with E-state index in [9.17, 15) is 0 Å². The molecule has 0 aliphatic rings. The molecule has 3 heteroatoms. The van der Waals surface area contributed by atoms with Crippen molar-refractivity contribution >= 4 is 11.6 Å². The number of nitrogens with one attached hydrogen (secondary N) is 1. The SMILES string of the molecule is CCC(Cl)CNCc1cncc(C)c1. The molecule has 1 rings (SSSR count). The van der Waals surface area contributed by atoms with Crippen molar-refractivity contribution in [3.05, 3.63) is 29.6 Å². The van der Waals surface area contributed by atoms with Crippen molar-refractivity contribution < 1.29 is 0 Å². The molecule has 0 radical (unpaired) electrons. The Labute approximate surface area is 90.7 Å². The molecule has 1 heterocycles. The highest BCUT2D eigenvalue weighted by Gasteiger charge is 2.00. The van der Waals surface area contributed by atoms with Gasteiger partial charge in [-0.05, 0) is 24.5 Å². The van der Waals surface area contributed by atoms with Gasteiger partial charge in [0.25, 0.3) is 0 Å². The summed E-state index contributed by atoms with van der Waals surface area (Å²) < 4.78 is 0. The van der Waals surface area contributed by atoms with E-state index in [1.807, 2.05) is 19.3 Å². The number of aromatic nitrogens is 1. The molecule has 0 bridgehead atoms. The third kappa shape index (κ3) is 4.07. The van der Waals surface area contributed by atoms with Crippen molar-refractivity contribution in [3.63, 3.8) is 0 Å². The van der Waals surface area contributed by atoms with Crippen LogP contribution in [0.15, 0.2) is 18.5 Å². The van der Waals surface area contributed by atoms with Gasteiger partial charge in [0.15, 0.2) is 0 Å². The maximum Gasteiger partial charge on any atom is 0.0458 e. The maximum atomic E-state index is 5.98. The topological polar surface area (TPSA) is 24.9 Å². The van der Waals surface area contributed by atoms with Crippen LogP contribution in [0.4, 0.5) is 0 Å². The van der Waals surface area contributed by atoms with Gasteiger partial charge in [-0.2, -0.15) is 0 Å². The highest BCUT2D eigenvalue weighted by Crippen LogP contribution is 2.02. The Morgan fingerprint density at radius 1 is 1.50 bits per heavy atom. The third-order valence-electron chi connectivity index (χ3n) is 2.07. The smallest absolute Gasteiger partial charge is 0.0458 e. The van der Waals surface area contributed by atoms with Crippen LogP contribution in [-0.4, -0.2) is 16.9 Å². The summed E-state index contributed by atoms with van der Waals surface area (Å²) in [6.07, 6.45) is 4.75. The van der Waals surface area contributed by atoms with Gasteiger partial charge in [0.05, 0.1) is 0 Å². The minimum absolute atomic E-state index is 0.229. The van der Waals surface area contributed by atoms with E-state index in [1.54, 1.807) is 0 Å². The average Bonchev–Trinajstić information content (AvgIpc) is 2.17. The quantitative estimate of drug-likeness (QED) is 0.759. The normalized spacial score (nSPS) is 12.8. The standard InChI is InChI=1S/C11H17ClN2/c1-3-11(12)8-14-7-10-4-9(2)5-13-6-10/h4-6,11,14H,3,7-8H2,1-2H3. The van der Waals surface area contributed by atoms with Crippen LogP contribution in [-0.2, 0) is 6.54 Å². The summed E-state index contributed by atoms with van der Waals surface area (Å²) in [5, 5.41) is 3.54. The second kappa shape index (κ2) is 5.99. The van der Waals surface area contributed by atoms with Crippen LogP contribution in [0.25, 0.3) is 0 Å². The predicted octanol–water partition coefficient (Wildman–Crippen LogP) is 2.50. The van der Waals surface area contributed by atoms with Crippen molar-refractivity contribution in [1.82, 2.24) is 10.3 Å². The van der Waals surface area contributed by atoms with E-state index in [4.69, 9.17) is 11.6 Å². The molecule has 1 unspecified atom stereocenters. The van der Waals surface area contributed by atoms with E-state index >= 15 is 0 Å². The number of alkyl halides is 1. The number of nitrogens with zero attached hydrogens (tertiary/aromatic N) is 1. The molecule has 1 aromatic rings. The van der Waals surface area contributed by atoms with Crippen molar-refractivity contribution in [3.8, 4) is 0 Å². The van der Waals surface area contributed by atoms with Crippen molar-refractivity contribution in [2.45, 2.75) is 32.2 Å². The van der Waals surface area contributed by atoms with Crippen LogP contribution in [0, 0.1) is 6.92 Å². The first kappa shape index (κ1) is 11.5. The summed E-state index contributed by atoms with van der Waals surface area (Å²) in [5.41, 5.74) is 2.41. The lowest BCUT2D eigenvalue weighted by atomic mass is 10.2. The summed E-state index contributed by atoms with van der Waals surface area (Å²) in [6, 6.07) is 2.13. The molecule has 2 nitrogen and oxygen atoms in total. The Balaban J connectivity index is 2.31. The molecule has 0 spiro atoms. The molecular formula is C11H17ClN2. The number of halogens is 1. The summed E-state index contributed by atoms with van der Waals surface area (Å²) in [5.74, 6) is 0. The molecule has 0 aliphatic carbocycles. The Morgan fingerprint density at radius 2 is 2.29 bits per heavy atom. The fourth-order valence-corrected chi connectivity index (χ4v) is 1.34. The van der Waals surface area contributed by atoms with Gasteiger partial charge >= 0.3 is 0 Å². The van der Waals surface area contributed by atoms with Gasteiger partial charge < -0.3 is 5.32 Å². The van der Waals surface area contributed by atoms with Gasteiger partial charge in [0, 0.05) is 30.9 Å². The number of hydrogen-bond acceptors (Lipinski definition) is 2. The Hall–Kier alpha value is -0.600. The number of pyridine rings is 1. The van der Waals surface area contributed by atoms with Gasteiger partial charge in [0.2, 0.25) is 0 Å². The van der Waals surface area contributed by atoms with Crippen LogP contribution < -0.4 is 5.32 Å². The van der Waals surface area contributed by atoms with Crippen LogP contribution in [0.1, 0.15) is 24.5 Å². The van der Waals surface area contributed by atoms with E-state index in [0.29, 0.717) is 0 Å². The van der Waals surface area contributed by atoms with Crippen molar-refractivity contribution in [1.29, 1.82) is 0 Å². The fraction of sp³-hybridized carbons (Fsp3) is 0.545. The first-order valence-electron chi connectivity index (χ1n) is 4.97. The second-order valence-corrected chi connectivity index (χ2v) is 4.12. The zero-order chi connectivity index (χ0) is 10.4. The summed E-state index contributed by atoms with van der Waals surface area (Å²) in [6.45, 7) is 5.84. The van der Waals surface area contributed by atoms with E-state index in [-0.39, 0.29) is 5.38 Å². The molecule has 0 amide bonds. The molecule has 0 saturated heterocycles. The molecule has 1 atom stereocenters. The number of hydrogen-bond donors (Lipinski definition) is 1. The zero-order valence-electron chi connectivity index (χ0n) is 8.76. The molecule has 14 heavy (non-hydrogen) atoms. The second-order valence-electron chi connectivity index (χ2n) is 3.51. The first-order chi connectivity index (χ1) is 6.72. The average molecular weight is 213 g/mol. The van der Waals surface area contributed by atoms with Gasteiger partial charge in [-0.3, -0.25) is 4.98 Å². The Bertz CT molecular complexity index is 276. The molecule has 0 aliphatic heterocycles. The van der Waals surface area contributed by atoms with Gasteiger partial charge in [-0.15, -0.1) is 11.6 Å². The van der Waals surface area contributed by atoms with E-state index in [0.717, 1.165) is 19.5 Å². The van der Waals surface area contributed by atoms with Crippen molar-refractivity contribution in [2.24, 2.45) is 0 Å². The van der Waals surface area contributed by atoms with Crippen molar-refractivity contribution in [2.75, 3.05) is 6.54 Å². The maximum absolute atomic E-state index is 5.98. The number of rotatable bonds is 5. The minimum atomic E-state index is 0.229. The Kier molecular flexibility index (Phi) is 4.91. The van der Waals surface area contributed by atoms with Gasteiger partial charge in [-0.25, -0.2) is 0 Å². The summed E-state index contributed by atoms with van der Waals surface area (Å²) >= 11 is 5.98. The largest absolute Gasteiger partial charge is 0.311 e. The molecule has 0 fully saturated rings. The lowest BCUT2D eigenvalue weighted by Crippen LogP contribution is -2.22. The van der Waals surface area contributed by atoms with E-state index < -0.39 is 0 Å². The van der Waals surface area contributed by atoms with Crippen LogP contribution in [0.3, 0.4) is 0 Å². The lowest BCUT2D eigenvalue weighted by Gasteiger charge is -2.08. The van der Waals surface area contributed by atoms with E-state index in [1.165, 1.54) is 11.1 Å². The summed E-state index contributed by atoms with van der Waals surface area (Å²) in [4.78, 5) is 4.13. The minimum Gasteiger partial charge on any atom is -0.311 e.